The lowest BCUT2D eigenvalue weighted by atomic mass is 9.98. The van der Waals surface area contributed by atoms with Gasteiger partial charge in [-0.1, -0.05) is 18.2 Å². The van der Waals surface area contributed by atoms with Crippen molar-refractivity contribution in [2.75, 3.05) is 26.7 Å². The number of halogens is 1. The molecular weight excluding hydrogens is 350 g/mol. The molecule has 3 rings (SSSR count). The summed E-state index contributed by atoms with van der Waals surface area (Å²) >= 11 is 0. The molecular formula is C16H24ClN3O3S. The third kappa shape index (κ3) is 3.59. The highest BCUT2D eigenvalue weighted by molar-refractivity contribution is 7.89. The van der Waals surface area contributed by atoms with Crippen molar-refractivity contribution in [3.63, 3.8) is 0 Å². The molecule has 1 heterocycles. The largest absolute Gasteiger partial charge is 0.341 e. The molecule has 3 atom stereocenters. The molecule has 134 valence electrons. The number of nitrogens with two attached hydrogens (primary N) is 1. The van der Waals surface area contributed by atoms with Gasteiger partial charge in [0.2, 0.25) is 15.9 Å². The second-order valence-electron chi connectivity index (χ2n) is 6.54. The Hall–Kier alpha value is -1.15. The Morgan fingerprint density at radius 1 is 1.25 bits per heavy atom. The number of rotatable bonds is 4. The van der Waals surface area contributed by atoms with Gasteiger partial charge in [-0.25, -0.2) is 8.42 Å². The normalized spacial score (nSPS) is 26.3. The molecule has 2 fully saturated rings. The maximum atomic E-state index is 12.5. The molecule has 1 aromatic rings. The molecule has 1 saturated carbocycles. The van der Waals surface area contributed by atoms with Gasteiger partial charge in [0.05, 0.1) is 11.4 Å². The zero-order valence-corrected chi connectivity index (χ0v) is 15.3. The zero-order valence-electron chi connectivity index (χ0n) is 13.7. The van der Waals surface area contributed by atoms with Gasteiger partial charge in [0, 0.05) is 26.2 Å². The molecule has 1 aliphatic carbocycles. The van der Waals surface area contributed by atoms with E-state index >= 15 is 0 Å². The molecule has 2 aliphatic rings. The monoisotopic (exact) mass is 373 g/mol. The van der Waals surface area contributed by atoms with Gasteiger partial charge in [-0.2, -0.15) is 4.31 Å². The fourth-order valence-electron chi connectivity index (χ4n) is 3.66. The average molecular weight is 374 g/mol. The van der Waals surface area contributed by atoms with Crippen LogP contribution in [0.1, 0.15) is 12.8 Å². The number of likely N-dealkylation sites (N-methyl/N-ethyl adjacent to an activating group) is 1. The van der Waals surface area contributed by atoms with Crippen molar-refractivity contribution < 1.29 is 13.2 Å². The lowest BCUT2D eigenvalue weighted by molar-refractivity contribution is -0.130. The van der Waals surface area contributed by atoms with Crippen molar-refractivity contribution in [2.24, 2.45) is 17.6 Å². The molecule has 1 saturated heterocycles. The van der Waals surface area contributed by atoms with Crippen molar-refractivity contribution in [3.05, 3.63) is 30.3 Å². The molecule has 1 aromatic carbocycles. The highest BCUT2D eigenvalue weighted by atomic mass is 35.5. The van der Waals surface area contributed by atoms with Crippen LogP contribution >= 0.6 is 12.4 Å². The third-order valence-corrected chi connectivity index (χ3v) is 6.89. The summed E-state index contributed by atoms with van der Waals surface area (Å²) in [6.45, 7) is 1.23. The number of nitrogens with zero attached hydrogens (tertiary/aromatic N) is 2. The van der Waals surface area contributed by atoms with E-state index in [1.54, 1.807) is 23.1 Å². The highest BCUT2D eigenvalue weighted by Crippen LogP contribution is 2.37. The molecule has 0 bridgehead atoms. The van der Waals surface area contributed by atoms with Crippen LogP contribution in [0.25, 0.3) is 0 Å². The fourth-order valence-corrected chi connectivity index (χ4v) is 4.80. The highest BCUT2D eigenvalue weighted by Gasteiger charge is 2.42. The number of carbonyl (C=O) groups is 1. The number of hydrogen-bond donors (Lipinski definition) is 1. The van der Waals surface area contributed by atoms with Crippen LogP contribution in [0.2, 0.25) is 0 Å². The first-order chi connectivity index (χ1) is 10.9. The van der Waals surface area contributed by atoms with Crippen LogP contribution in [-0.4, -0.2) is 56.3 Å². The van der Waals surface area contributed by atoms with E-state index < -0.39 is 10.0 Å². The Bertz CT molecular complexity index is 683. The molecule has 24 heavy (non-hydrogen) atoms. The van der Waals surface area contributed by atoms with Crippen LogP contribution in [0.3, 0.4) is 0 Å². The van der Waals surface area contributed by atoms with Crippen molar-refractivity contribution in [3.8, 4) is 0 Å². The minimum Gasteiger partial charge on any atom is -0.341 e. The maximum Gasteiger partial charge on any atom is 0.243 e. The van der Waals surface area contributed by atoms with Gasteiger partial charge in [-0.3, -0.25) is 4.79 Å². The number of likely N-dealkylation sites (tertiary alicyclic amines) is 1. The lowest BCUT2D eigenvalue weighted by Gasteiger charge is -2.22. The van der Waals surface area contributed by atoms with E-state index in [1.807, 2.05) is 0 Å². The number of benzene rings is 1. The number of hydrogen-bond acceptors (Lipinski definition) is 4. The molecule has 1 amide bonds. The molecule has 0 spiro atoms. The summed E-state index contributed by atoms with van der Waals surface area (Å²) in [6.07, 6.45) is 2.09. The minimum absolute atomic E-state index is 0. The van der Waals surface area contributed by atoms with Gasteiger partial charge in [0.15, 0.2) is 0 Å². The molecule has 0 radical (unpaired) electrons. The third-order valence-electron chi connectivity index (χ3n) is 5.07. The Labute approximate surface area is 149 Å². The van der Waals surface area contributed by atoms with Crippen LogP contribution in [0.15, 0.2) is 35.2 Å². The number of carbonyl (C=O) groups excluding carboxylic acids is 1. The summed E-state index contributed by atoms with van der Waals surface area (Å²) in [5.74, 6) is 0.702. The smallest absolute Gasteiger partial charge is 0.243 e. The van der Waals surface area contributed by atoms with Crippen LogP contribution in [-0.2, 0) is 14.8 Å². The maximum absolute atomic E-state index is 12.5. The van der Waals surface area contributed by atoms with E-state index in [0.29, 0.717) is 24.9 Å². The van der Waals surface area contributed by atoms with Crippen LogP contribution in [0.4, 0.5) is 0 Å². The Morgan fingerprint density at radius 2 is 1.92 bits per heavy atom. The predicted octanol–water partition coefficient (Wildman–Crippen LogP) is 0.925. The second kappa shape index (κ2) is 7.39. The Kier molecular flexibility index (Phi) is 5.91. The summed E-state index contributed by atoms with van der Waals surface area (Å²) in [4.78, 5) is 14.4. The van der Waals surface area contributed by atoms with Gasteiger partial charge in [-0.05, 0) is 36.8 Å². The fraction of sp³-hybridized carbons (Fsp3) is 0.562. The second-order valence-corrected chi connectivity index (χ2v) is 8.58. The number of fused-ring (bicyclic) bond motifs is 1. The first-order valence-corrected chi connectivity index (χ1v) is 9.38. The molecule has 0 aromatic heterocycles. The van der Waals surface area contributed by atoms with Gasteiger partial charge in [0.1, 0.15) is 0 Å². The van der Waals surface area contributed by atoms with Gasteiger partial charge >= 0.3 is 0 Å². The number of sulfonamides is 1. The average Bonchev–Trinajstić information content (AvgIpc) is 3.10. The van der Waals surface area contributed by atoms with Crippen LogP contribution < -0.4 is 5.73 Å². The zero-order chi connectivity index (χ0) is 16.6. The van der Waals surface area contributed by atoms with Gasteiger partial charge in [-0.15, -0.1) is 12.4 Å². The minimum atomic E-state index is -3.63. The topological polar surface area (TPSA) is 83.7 Å². The molecule has 8 heteroatoms. The first kappa shape index (κ1) is 19.2. The molecule has 1 aliphatic heterocycles. The van der Waals surface area contributed by atoms with Crippen molar-refractivity contribution in [2.45, 2.75) is 23.8 Å². The summed E-state index contributed by atoms with van der Waals surface area (Å²) in [7, 11) is -2.18. The molecule has 6 nitrogen and oxygen atoms in total. The van der Waals surface area contributed by atoms with Crippen molar-refractivity contribution in [1.82, 2.24) is 9.21 Å². The predicted molar refractivity (Wildman–Crippen MR) is 94.3 cm³/mol. The first-order valence-electron chi connectivity index (χ1n) is 7.94. The number of amides is 1. The van der Waals surface area contributed by atoms with E-state index in [-0.39, 0.29) is 35.8 Å². The van der Waals surface area contributed by atoms with E-state index in [1.165, 1.54) is 19.2 Å². The summed E-state index contributed by atoms with van der Waals surface area (Å²) in [5.41, 5.74) is 6.08. The SMILES string of the molecule is CN(CC(=O)N1CC2CCC(N)C2C1)S(=O)(=O)c1ccccc1.Cl. The Morgan fingerprint density at radius 3 is 2.54 bits per heavy atom. The van der Waals surface area contributed by atoms with Gasteiger partial charge < -0.3 is 10.6 Å². The van der Waals surface area contributed by atoms with Crippen molar-refractivity contribution in [1.29, 1.82) is 0 Å². The van der Waals surface area contributed by atoms with E-state index in [0.717, 1.165) is 17.1 Å². The molecule has 2 N–H and O–H groups in total. The quantitative estimate of drug-likeness (QED) is 0.850. The van der Waals surface area contributed by atoms with E-state index in [4.69, 9.17) is 5.73 Å². The summed E-state index contributed by atoms with van der Waals surface area (Å²) < 4.78 is 26.1. The van der Waals surface area contributed by atoms with Gasteiger partial charge in [0.25, 0.3) is 0 Å². The Balaban J connectivity index is 0.00000208. The summed E-state index contributed by atoms with van der Waals surface area (Å²) in [6, 6.07) is 8.35. The van der Waals surface area contributed by atoms with Crippen molar-refractivity contribution >= 4 is 28.3 Å². The van der Waals surface area contributed by atoms with E-state index in [2.05, 4.69) is 0 Å². The summed E-state index contributed by atoms with van der Waals surface area (Å²) in [5, 5.41) is 0. The lowest BCUT2D eigenvalue weighted by Crippen LogP contribution is -2.41. The molecule has 3 unspecified atom stereocenters. The standard InChI is InChI=1S/C16H23N3O3S.ClH/c1-18(23(21,22)13-5-3-2-4-6-13)11-16(20)19-9-12-7-8-15(17)14(12)10-19;/h2-6,12,14-15H,7-11,17H2,1H3;1H. The van der Waals surface area contributed by atoms with E-state index in [9.17, 15) is 13.2 Å². The van der Waals surface area contributed by atoms with Crippen LogP contribution in [0, 0.1) is 11.8 Å². The van der Waals surface area contributed by atoms with Crippen LogP contribution in [0.5, 0.6) is 0 Å².